The standard InChI is InChI=1S/C14H19N3O/c1-3-18-14-7-5-4-6-11(14)12(9-15)13-8-10(2)16-17-13/h4-8,12H,3,9,15H2,1-2H3,(H,16,17). The van der Waals surface area contributed by atoms with Crippen LogP contribution in [0, 0.1) is 6.92 Å². The van der Waals surface area contributed by atoms with Crippen molar-refractivity contribution in [1.82, 2.24) is 10.2 Å². The van der Waals surface area contributed by atoms with E-state index in [2.05, 4.69) is 10.2 Å². The fourth-order valence-electron chi connectivity index (χ4n) is 2.08. The molecule has 0 bridgehead atoms. The first kappa shape index (κ1) is 12.6. The molecule has 0 radical (unpaired) electrons. The molecule has 1 unspecified atom stereocenters. The fraction of sp³-hybridized carbons (Fsp3) is 0.357. The van der Waals surface area contributed by atoms with Crippen LogP contribution in [0.15, 0.2) is 30.3 Å². The number of benzene rings is 1. The summed E-state index contributed by atoms with van der Waals surface area (Å²) in [5, 5.41) is 7.26. The largest absolute Gasteiger partial charge is 0.494 e. The van der Waals surface area contributed by atoms with Crippen LogP contribution in [-0.4, -0.2) is 23.3 Å². The lowest BCUT2D eigenvalue weighted by atomic mass is 9.95. The zero-order chi connectivity index (χ0) is 13.0. The number of aromatic amines is 1. The SMILES string of the molecule is CCOc1ccccc1C(CN)c1cc(C)[nH]n1. The van der Waals surface area contributed by atoms with E-state index in [9.17, 15) is 0 Å². The molecule has 0 aliphatic rings. The molecule has 1 aromatic carbocycles. The summed E-state index contributed by atoms with van der Waals surface area (Å²) in [7, 11) is 0. The number of nitrogens with two attached hydrogens (primary N) is 1. The predicted molar refractivity (Wildman–Crippen MR) is 71.8 cm³/mol. The van der Waals surface area contributed by atoms with Gasteiger partial charge >= 0.3 is 0 Å². The second-order valence-corrected chi connectivity index (χ2v) is 4.23. The smallest absolute Gasteiger partial charge is 0.123 e. The van der Waals surface area contributed by atoms with Gasteiger partial charge in [-0.05, 0) is 26.0 Å². The number of aromatic nitrogens is 2. The van der Waals surface area contributed by atoms with Crippen molar-refractivity contribution < 1.29 is 4.74 Å². The van der Waals surface area contributed by atoms with Crippen LogP contribution in [0.5, 0.6) is 5.75 Å². The Hall–Kier alpha value is -1.81. The van der Waals surface area contributed by atoms with Gasteiger partial charge in [-0.2, -0.15) is 5.10 Å². The summed E-state index contributed by atoms with van der Waals surface area (Å²) in [4.78, 5) is 0. The van der Waals surface area contributed by atoms with Gasteiger partial charge in [-0.15, -0.1) is 0 Å². The molecule has 4 nitrogen and oxygen atoms in total. The Bertz CT molecular complexity index is 507. The van der Waals surface area contributed by atoms with Crippen LogP contribution < -0.4 is 10.5 Å². The molecule has 2 rings (SSSR count). The van der Waals surface area contributed by atoms with Crippen LogP contribution in [0.3, 0.4) is 0 Å². The van der Waals surface area contributed by atoms with Gasteiger partial charge in [0.1, 0.15) is 5.75 Å². The van der Waals surface area contributed by atoms with Crippen LogP contribution in [0.1, 0.15) is 29.8 Å². The van der Waals surface area contributed by atoms with Gasteiger partial charge in [0.2, 0.25) is 0 Å². The third-order valence-electron chi connectivity index (χ3n) is 2.91. The van der Waals surface area contributed by atoms with Gasteiger partial charge in [0.05, 0.1) is 12.3 Å². The van der Waals surface area contributed by atoms with Crippen LogP contribution >= 0.6 is 0 Å². The van der Waals surface area contributed by atoms with Gasteiger partial charge in [0.15, 0.2) is 0 Å². The molecule has 1 atom stereocenters. The maximum atomic E-state index is 5.90. The molecular weight excluding hydrogens is 226 g/mol. The maximum absolute atomic E-state index is 5.90. The van der Waals surface area contributed by atoms with Gasteiger partial charge < -0.3 is 10.5 Å². The predicted octanol–water partition coefficient (Wildman–Crippen LogP) is 2.21. The lowest BCUT2D eigenvalue weighted by Gasteiger charge is -2.17. The van der Waals surface area contributed by atoms with Crippen molar-refractivity contribution in [3.8, 4) is 5.75 Å². The number of para-hydroxylation sites is 1. The highest BCUT2D eigenvalue weighted by Crippen LogP contribution is 2.30. The van der Waals surface area contributed by atoms with E-state index in [-0.39, 0.29) is 5.92 Å². The summed E-state index contributed by atoms with van der Waals surface area (Å²) in [5.74, 6) is 0.953. The minimum Gasteiger partial charge on any atom is -0.494 e. The Kier molecular flexibility index (Phi) is 3.99. The molecular formula is C14H19N3O. The number of aryl methyl sites for hydroxylation is 1. The summed E-state index contributed by atoms with van der Waals surface area (Å²) in [6, 6.07) is 10.0. The number of nitrogens with zero attached hydrogens (tertiary/aromatic N) is 1. The fourth-order valence-corrected chi connectivity index (χ4v) is 2.08. The molecule has 1 aromatic heterocycles. The molecule has 0 spiro atoms. The third kappa shape index (κ3) is 2.54. The Labute approximate surface area is 107 Å². The van der Waals surface area contributed by atoms with Gasteiger partial charge in [-0.3, -0.25) is 5.10 Å². The number of H-pyrrole nitrogens is 1. The van der Waals surface area contributed by atoms with E-state index in [1.165, 1.54) is 0 Å². The molecule has 0 saturated carbocycles. The Morgan fingerprint density at radius 1 is 1.39 bits per heavy atom. The van der Waals surface area contributed by atoms with Gasteiger partial charge in [-0.25, -0.2) is 0 Å². The highest BCUT2D eigenvalue weighted by atomic mass is 16.5. The molecule has 1 heterocycles. The summed E-state index contributed by atoms with van der Waals surface area (Å²) in [6.45, 7) is 5.12. The van der Waals surface area contributed by atoms with E-state index >= 15 is 0 Å². The number of hydrogen-bond donors (Lipinski definition) is 2. The second-order valence-electron chi connectivity index (χ2n) is 4.23. The average Bonchev–Trinajstić information content (AvgIpc) is 2.79. The van der Waals surface area contributed by atoms with Crippen LogP contribution in [0.4, 0.5) is 0 Å². The summed E-state index contributed by atoms with van der Waals surface area (Å²) >= 11 is 0. The second kappa shape index (κ2) is 5.69. The molecule has 0 fully saturated rings. The monoisotopic (exact) mass is 245 g/mol. The summed E-state index contributed by atoms with van der Waals surface area (Å²) in [5.41, 5.74) is 8.99. The van der Waals surface area contributed by atoms with Gasteiger partial charge in [0, 0.05) is 23.7 Å². The summed E-state index contributed by atoms with van der Waals surface area (Å²) < 4.78 is 5.65. The first-order valence-corrected chi connectivity index (χ1v) is 6.20. The van der Waals surface area contributed by atoms with Gasteiger partial charge in [-0.1, -0.05) is 18.2 Å². The van der Waals surface area contributed by atoms with Gasteiger partial charge in [0.25, 0.3) is 0 Å². The van der Waals surface area contributed by atoms with Crippen LogP contribution in [0.25, 0.3) is 0 Å². The normalized spacial score (nSPS) is 12.4. The number of nitrogens with one attached hydrogen (secondary N) is 1. The third-order valence-corrected chi connectivity index (χ3v) is 2.91. The van der Waals surface area contributed by atoms with Crippen molar-refractivity contribution in [3.63, 3.8) is 0 Å². The number of rotatable bonds is 5. The topological polar surface area (TPSA) is 63.9 Å². The highest BCUT2D eigenvalue weighted by Gasteiger charge is 2.19. The lowest BCUT2D eigenvalue weighted by molar-refractivity contribution is 0.335. The quantitative estimate of drug-likeness (QED) is 0.848. The van der Waals surface area contributed by atoms with Crippen LogP contribution in [-0.2, 0) is 0 Å². The van der Waals surface area contributed by atoms with E-state index in [1.807, 2.05) is 44.2 Å². The van der Waals surface area contributed by atoms with Crippen LogP contribution in [0.2, 0.25) is 0 Å². The Morgan fingerprint density at radius 3 is 2.78 bits per heavy atom. The Balaban J connectivity index is 2.38. The van der Waals surface area contributed by atoms with Crippen molar-refractivity contribution >= 4 is 0 Å². The molecule has 96 valence electrons. The number of ether oxygens (including phenoxy) is 1. The molecule has 0 amide bonds. The maximum Gasteiger partial charge on any atom is 0.123 e. The first-order valence-electron chi connectivity index (χ1n) is 6.20. The minimum absolute atomic E-state index is 0.0673. The molecule has 4 heteroatoms. The average molecular weight is 245 g/mol. The molecule has 0 saturated heterocycles. The molecule has 0 aliphatic heterocycles. The van der Waals surface area contributed by atoms with Crippen molar-refractivity contribution in [1.29, 1.82) is 0 Å². The zero-order valence-corrected chi connectivity index (χ0v) is 10.8. The van der Waals surface area contributed by atoms with Crippen molar-refractivity contribution in [2.45, 2.75) is 19.8 Å². The zero-order valence-electron chi connectivity index (χ0n) is 10.8. The van der Waals surface area contributed by atoms with Crippen molar-refractivity contribution in [2.75, 3.05) is 13.2 Å². The van der Waals surface area contributed by atoms with E-state index in [0.717, 1.165) is 22.7 Å². The van der Waals surface area contributed by atoms with E-state index in [1.54, 1.807) is 0 Å². The highest BCUT2D eigenvalue weighted by molar-refractivity contribution is 5.40. The first-order chi connectivity index (χ1) is 8.76. The van der Waals surface area contributed by atoms with E-state index in [4.69, 9.17) is 10.5 Å². The molecule has 0 aliphatic carbocycles. The van der Waals surface area contributed by atoms with E-state index in [0.29, 0.717) is 13.2 Å². The lowest BCUT2D eigenvalue weighted by Crippen LogP contribution is -2.15. The molecule has 2 aromatic rings. The number of hydrogen-bond acceptors (Lipinski definition) is 3. The minimum atomic E-state index is 0.0673. The summed E-state index contributed by atoms with van der Waals surface area (Å²) in [6.07, 6.45) is 0. The molecule has 18 heavy (non-hydrogen) atoms. The Morgan fingerprint density at radius 2 is 2.17 bits per heavy atom. The van der Waals surface area contributed by atoms with Crippen molar-refractivity contribution in [3.05, 3.63) is 47.3 Å². The van der Waals surface area contributed by atoms with Crippen molar-refractivity contribution in [2.24, 2.45) is 5.73 Å². The molecule has 3 N–H and O–H groups in total. The van der Waals surface area contributed by atoms with E-state index < -0.39 is 0 Å².